The van der Waals surface area contributed by atoms with Crippen molar-refractivity contribution in [1.82, 2.24) is 0 Å². The lowest BCUT2D eigenvalue weighted by molar-refractivity contribution is -0.125. The number of hydrogen-bond donors (Lipinski definition) is 1. The van der Waals surface area contributed by atoms with E-state index in [2.05, 4.69) is 34.6 Å². The number of rotatable bonds is 3. The Bertz CT molecular complexity index is 561. The smallest absolute Gasteiger partial charge is 0.267 e. The first kappa shape index (κ1) is 16.8. The fraction of sp³-hybridized carbons (Fsp3) is 0.611. The molecule has 0 saturated carbocycles. The molecular weight excluding hydrogens is 276 g/mol. The first-order chi connectivity index (χ1) is 10.1. The number of carbonyl (C=O) groups is 1. The standard InChI is InChI=1S/C18H28N2O2/c1-11(2)10-20-14-9-13(16(19)18(4,5)6)7-8-15(14)22-12(3)17(20)21/h7-9,11-12,16H,10,19H2,1-6H3. The van der Waals surface area contributed by atoms with Gasteiger partial charge >= 0.3 is 0 Å². The minimum atomic E-state index is -0.437. The predicted molar refractivity (Wildman–Crippen MR) is 90.1 cm³/mol. The van der Waals surface area contributed by atoms with Gasteiger partial charge in [-0.05, 0) is 36.0 Å². The van der Waals surface area contributed by atoms with Gasteiger partial charge in [0.15, 0.2) is 6.10 Å². The average molecular weight is 304 g/mol. The molecule has 0 aromatic heterocycles. The van der Waals surface area contributed by atoms with Gasteiger partial charge in [-0.25, -0.2) is 0 Å². The van der Waals surface area contributed by atoms with Crippen LogP contribution < -0.4 is 15.4 Å². The highest BCUT2D eigenvalue weighted by Crippen LogP contribution is 2.39. The lowest BCUT2D eigenvalue weighted by Crippen LogP contribution is -2.46. The number of nitrogens with two attached hydrogens (primary N) is 1. The average Bonchev–Trinajstić information content (AvgIpc) is 2.41. The van der Waals surface area contributed by atoms with Gasteiger partial charge in [0.1, 0.15) is 5.75 Å². The summed E-state index contributed by atoms with van der Waals surface area (Å²) in [7, 11) is 0. The zero-order valence-corrected chi connectivity index (χ0v) is 14.5. The lowest BCUT2D eigenvalue weighted by atomic mass is 9.83. The van der Waals surface area contributed by atoms with Crippen LogP contribution >= 0.6 is 0 Å². The monoisotopic (exact) mass is 304 g/mol. The Kier molecular flexibility index (Phi) is 4.52. The third kappa shape index (κ3) is 3.27. The van der Waals surface area contributed by atoms with Gasteiger partial charge in [0.05, 0.1) is 5.69 Å². The number of amides is 1. The van der Waals surface area contributed by atoms with E-state index in [1.807, 2.05) is 23.1 Å². The van der Waals surface area contributed by atoms with Crippen LogP contribution in [-0.2, 0) is 4.79 Å². The van der Waals surface area contributed by atoms with E-state index < -0.39 is 6.10 Å². The zero-order chi connectivity index (χ0) is 16.7. The van der Waals surface area contributed by atoms with Crippen molar-refractivity contribution in [3.05, 3.63) is 23.8 Å². The first-order valence-electron chi connectivity index (χ1n) is 7.99. The fourth-order valence-corrected chi connectivity index (χ4v) is 2.67. The summed E-state index contributed by atoms with van der Waals surface area (Å²) in [4.78, 5) is 14.3. The molecule has 2 rings (SSSR count). The van der Waals surface area contributed by atoms with E-state index in [-0.39, 0.29) is 17.4 Å². The molecule has 0 saturated heterocycles. The van der Waals surface area contributed by atoms with Crippen molar-refractivity contribution >= 4 is 11.6 Å². The van der Waals surface area contributed by atoms with Gasteiger partial charge < -0.3 is 15.4 Å². The predicted octanol–water partition coefficient (Wildman–Crippen LogP) is 3.50. The summed E-state index contributed by atoms with van der Waals surface area (Å²) in [6, 6.07) is 5.86. The Morgan fingerprint density at radius 2 is 1.95 bits per heavy atom. The minimum absolute atomic E-state index is 0.0164. The second kappa shape index (κ2) is 5.92. The highest BCUT2D eigenvalue weighted by molar-refractivity contribution is 5.99. The van der Waals surface area contributed by atoms with Crippen molar-refractivity contribution < 1.29 is 9.53 Å². The molecule has 0 aliphatic carbocycles. The van der Waals surface area contributed by atoms with Crippen LogP contribution in [0.5, 0.6) is 5.75 Å². The third-order valence-corrected chi connectivity index (χ3v) is 4.03. The second-order valence-corrected chi connectivity index (χ2v) is 7.67. The Hall–Kier alpha value is -1.55. The Morgan fingerprint density at radius 3 is 2.50 bits per heavy atom. The van der Waals surface area contributed by atoms with Crippen LogP contribution in [0.4, 0.5) is 5.69 Å². The van der Waals surface area contributed by atoms with Crippen molar-refractivity contribution in [1.29, 1.82) is 0 Å². The van der Waals surface area contributed by atoms with Crippen LogP contribution in [-0.4, -0.2) is 18.6 Å². The SMILES string of the molecule is CC(C)CN1C(=O)C(C)Oc2ccc(C(N)C(C)(C)C)cc21. The quantitative estimate of drug-likeness (QED) is 0.930. The molecular formula is C18H28N2O2. The normalized spacial score (nSPS) is 19.9. The highest BCUT2D eigenvalue weighted by Gasteiger charge is 2.33. The van der Waals surface area contributed by atoms with Crippen molar-refractivity contribution in [2.45, 2.75) is 53.7 Å². The Labute approximate surface area is 133 Å². The maximum absolute atomic E-state index is 12.5. The van der Waals surface area contributed by atoms with Gasteiger partial charge in [0.2, 0.25) is 0 Å². The van der Waals surface area contributed by atoms with Crippen molar-refractivity contribution in [2.24, 2.45) is 17.1 Å². The topological polar surface area (TPSA) is 55.6 Å². The number of nitrogens with zero attached hydrogens (tertiary/aromatic N) is 1. The van der Waals surface area contributed by atoms with E-state index in [0.717, 1.165) is 17.0 Å². The third-order valence-electron chi connectivity index (χ3n) is 4.03. The second-order valence-electron chi connectivity index (χ2n) is 7.67. The van der Waals surface area contributed by atoms with E-state index >= 15 is 0 Å². The molecule has 0 radical (unpaired) electrons. The van der Waals surface area contributed by atoms with Gasteiger partial charge in [0, 0.05) is 12.6 Å². The molecule has 0 fully saturated rings. The van der Waals surface area contributed by atoms with Crippen LogP contribution in [0.1, 0.15) is 53.1 Å². The highest BCUT2D eigenvalue weighted by atomic mass is 16.5. The first-order valence-corrected chi connectivity index (χ1v) is 7.99. The van der Waals surface area contributed by atoms with Crippen LogP contribution in [0, 0.1) is 11.3 Å². The molecule has 1 amide bonds. The van der Waals surface area contributed by atoms with Gasteiger partial charge in [-0.3, -0.25) is 4.79 Å². The Balaban J connectivity index is 2.45. The van der Waals surface area contributed by atoms with Crippen molar-refractivity contribution in [3.8, 4) is 5.75 Å². The zero-order valence-electron chi connectivity index (χ0n) is 14.5. The van der Waals surface area contributed by atoms with E-state index in [4.69, 9.17) is 10.5 Å². The number of ether oxygens (including phenoxy) is 1. The van der Waals surface area contributed by atoms with Gasteiger partial charge in [-0.15, -0.1) is 0 Å². The number of fused-ring (bicyclic) bond motifs is 1. The molecule has 122 valence electrons. The molecule has 1 aliphatic heterocycles. The van der Waals surface area contributed by atoms with Gasteiger partial charge in [0.25, 0.3) is 5.91 Å². The maximum Gasteiger partial charge on any atom is 0.267 e. The number of hydrogen-bond acceptors (Lipinski definition) is 3. The fourth-order valence-electron chi connectivity index (χ4n) is 2.67. The molecule has 1 aromatic rings. The van der Waals surface area contributed by atoms with E-state index in [9.17, 15) is 4.79 Å². The summed E-state index contributed by atoms with van der Waals surface area (Å²) in [6.45, 7) is 13.1. The summed E-state index contributed by atoms with van der Waals surface area (Å²) in [5.74, 6) is 1.17. The molecule has 1 heterocycles. The Morgan fingerprint density at radius 1 is 1.32 bits per heavy atom. The molecule has 1 aromatic carbocycles. The van der Waals surface area contributed by atoms with E-state index in [1.54, 1.807) is 6.92 Å². The molecule has 4 heteroatoms. The molecule has 1 aliphatic rings. The summed E-state index contributed by atoms with van der Waals surface area (Å²) in [6.07, 6.45) is -0.437. The minimum Gasteiger partial charge on any atom is -0.479 e. The van der Waals surface area contributed by atoms with E-state index in [0.29, 0.717) is 12.5 Å². The molecule has 2 N–H and O–H groups in total. The van der Waals surface area contributed by atoms with Crippen LogP contribution in [0.25, 0.3) is 0 Å². The van der Waals surface area contributed by atoms with Gasteiger partial charge in [-0.1, -0.05) is 40.7 Å². The molecule has 0 bridgehead atoms. The van der Waals surface area contributed by atoms with Crippen LogP contribution in [0.15, 0.2) is 18.2 Å². The molecule has 2 atom stereocenters. The van der Waals surface area contributed by atoms with Crippen molar-refractivity contribution in [2.75, 3.05) is 11.4 Å². The largest absolute Gasteiger partial charge is 0.479 e. The molecule has 2 unspecified atom stereocenters. The molecule has 22 heavy (non-hydrogen) atoms. The van der Waals surface area contributed by atoms with Crippen LogP contribution in [0.2, 0.25) is 0 Å². The number of carbonyl (C=O) groups excluding carboxylic acids is 1. The van der Waals surface area contributed by atoms with Crippen LogP contribution in [0.3, 0.4) is 0 Å². The molecule has 0 spiro atoms. The number of benzene rings is 1. The van der Waals surface area contributed by atoms with Gasteiger partial charge in [-0.2, -0.15) is 0 Å². The van der Waals surface area contributed by atoms with Crippen molar-refractivity contribution in [3.63, 3.8) is 0 Å². The summed E-state index contributed by atoms with van der Waals surface area (Å²) < 4.78 is 5.74. The maximum atomic E-state index is 12.5. The summed E-state index contributed by atoms with van der Waals surface area (Å²) >= 11 is 0. The summed E-state index contributed by atoms with van der Waals surface area (Å²) in [5, 5.41) is 0. The summed E-state index contributed by atoms with van der Waals surface area (Å²) in [5.41, 5.74) is 8.21. The number of anilines is 1. The van der Waals surface area contributed by atoms with E-state index in [1.165, 1.54) is 0 Å². The lowest BCUT2D eigenvalue weighted by Gasteiger charge is -2.35. The molecule has 4 nitrogen and oxygen atoms in total.